The summed E-state index contributed by atoms with van der Waals surface area (Å²) in [6.45, 7) is 3.73. The largest absolute Gasteiger partial charge is 0.277 e. The van der Waals surface area contributed by atoms with Crippen LogP contribution in [0, 0.1) is 0 Å². The lowest BCUT2D eigenvalue weighted by molar-refractivity contribution is 1.20. The summed E-state index contributed by atoms with van der Waals surface area (Å²) < 4.78 is 4.69. The summed E-state index contributed by atoms with van der Waals surface area (Å²) in [5.41, 5.74) is 2.27. The van der Waals surface area contributed by atoms with E-state index in [4.69, 9.17) is 0 Å². The molecule has 5 rings (SSSR count). The predicted molar refractivity (Wildman–Crippen MR) is 111 cm³/mol. The molecule has 0 aliphatic heterocycles. The Labute approximate surface area is 148 Å². The highest BCUT2D eigenvalue weighted by atomic mass is 32.1. The van der Waals surface area contributed by atoms with Crippen LogP contribution in [0.5, 0.6) is 0 Å². The topological polar surface area (TPSA) is 29.6 Å². The highest BCUT2D eigenvalue weighted by Gasteiger charge is 2.18. The Morgan fingerprint density at radius 1 is 0.880 bits per heavy atom. The molecule has 5 aromatic rings. The molecule has 0 N–H and O–H groups in total. The van der Waals surface area contributed by atoms with Gasteiger partial charge in [-0.3, -0.25) is 9.56 Å². The van der Waals surface area contributed by atoms with Gasteiger partial charge in [-0.15, -0.1) is 11.3 Å². The number of aliphatic imine (C=N–C) groups is 2. The number of para-hydroxylation sites is 1. The summed E-state index contributed by atoms with van der Waals surface area (Å²) in [5, 5.41) is 5.00. The van der Waals surface area contributed by atoms with Crippen LogP contribution in [-0.2, 0) is 0 Å². The summed E-state index contributed by atoms with van der Waals surface area (Å²) in [7, 11) is 1.76. The lowest BCUT2D eigenvalue weighted by atomic mass is 10.1. The van der Waals surface area contributed by atoms with Gasteiger partial charge in [-0.05, 0) is 18.9 Å². The van der Waals surface area contributed by atoms with Crippen molar-refractivity contribution in [1.82, 2.24) is 4.57 Å². The van der Waals surface area contributed by atoms with Gasteiger partial charge in [0.2, 0.25) is 5.96 Å². The van der Waals surface area contributed by atoms with Gasteiger partial charge in [-0.1, -0.05) is 48.5 Å². The van der Waals surface area contributed by atoms with E-state index in [1.165, 1.54) is 30.9 Å². The van der Waals surface area contributed by atoms with Gasteiger partial charge in [-0.25, -0.2) is 4.99 Å². The van der Waals surface area contributed by atoms with Crippen LogP contribution < -0.4 is 0 Å². The van der Waals surface area contributed by atoms with E-state index in [0.717, 1.165) is 11.0 Å². The zero-order valence-corrected chi connectivity index (χ0v) is 14.5. The molecular weight excluding hydrogens is 326 g/mol. The fourth-order valence-corrected chi connectivity index (χ4v) is 4.92. The maximum Gasteiger partial charge on any atom is 0.229 e. The average Bonchev–Trinajstić information content (AvgIpc) is 3.19. The van der Waals surface area contributed by atoms with Crippen LogP contribution in [-0.4, -0.2) is 24.3 Å². The molecule has 2 heterocycles. The molecule has 0 spiro atoms. The van der Waals surface area contributed by atoms with Crippen LogP contribution in [0.2, 0.25) is 0 Å². The Balaban J connectivity index is 2.12. The fraction of sp³-hybridized carbons (Fsp3) is 0.0476. The third-order valence-electron chi connectivity index (χ3n) is 4.72. The van der Waals surface area contributed by atoms with Crippen molar-refractivity contribution in [3.05, 3.63) is 60.7 Å². The molecule has 3 aromatic carbocycles. The first kappa shape index (κ1) is 14.4. The number of rotatable bonds is 0. The summed E-state index contributed by atoms with van der Waals surface area (Å²) in [6, 6.07) is 21.4. The predicted octanol–water partition coefficient (Wildman–Crippen LogP) is 5.70. The van der Waals surface area contributed by atoms with Gasteiger partial charge < -0.3 is 0 Å². The van der Waals surface area contributed by atoms with Crippen LogP contribution in [0.4, 0.5) is 0 Å². The molecule has 0 amide bonds. The van der Waals surface area contributed by atoms with E-state index in [9.17, 15) is 0 Å². The van der Waals surface area contributed by atoms with Crippen molar-refractivity contribution in [2.45, 2.75) is 0 Å². The Hall–Kier alpha value is -2.98. The van der Waals surface area contributed by atoms with Crippen molar-refractivity contribution in [3.8, 4) is 0 Å². The molecule has 3 nitrogen and oxygen atoms in total. The Kier molecular flexibility index (Phi) is 3.02. The molecule has 4 heteroatoms. The number of nitrogens with zero attached hydrogens (tertiary/aromatic N) is 3. The Morgan fingerprint density at radius 2 is 1.60 bits per heavy atom. The normalized spacial score (nSPS) is 12.6. The number of fused-ring (bicyclic) bond motifs is 7. The molecule has 0 saturated carbocycles. The van der Waals surface area contributed by atoms with Crippen LogP contribution in [0.3, 0.4) is 0 Å². The van der Waals surface area contributed by atoms with Crippen molar-refractivity contribution < 1.29 is 0 Å². The second kappa shape index (κ2) is 5.26. The molecule has 2 aromatic heterocycles. The monoisotopic (exact) mass is 341 g/mol. The molecule has 0 saturated heterocycles. The number of benzene rings is 3. The lowest BCUT2D eigenvalue weighted by Gasteiger charge is -2.06. The number of hydrogen-bond donors (Lipinski definition) is 0. The quantitative estimate of drug-likeness (QED) is 0.255. The van der Waals surface area contributed by atoms with Gasteiger partial charge in [0, 0.05) is 33.3 Å². The molecule has 0 bridgehead atoms. The summed E-state index contributed by atoms with van der Waals surface area (Å²) in [6.07, 6.45) is 0. The standard InChI is InChI=1S/C21H15N3S/c1-22-21(23-2)24-17-9-5-3-7-13(17)15-11-12-16-14-8-4-6-10-18(14)25-20(16)19(15)24/h3-12H,1H2,2H3. The molecule has 0 aliphatic rings. The van der Waals surface area contributed by atoms with Crippen molar-refractivity contribution in [3.63, 3.8) is 0 Å². The molecular formula is C21H15N3S. The van der Waals surface area contributed by atoms with Gasteiger partial charge in [0.05, 0.1) is 15.7 Å². The molecule has 0 unspecified atom stereocenters. The minimum absolute atomic E-state index is 0.621. The number of thiophene rings is 1. The molecule has 0 fully saturated rings. The number of aromatic nitrogens is 1. The third-order valence-corrected chi connectivity index (χ3v) is 5.91. The Bertz CT molecular complexity index is 1320. The Morgan fingerprint density at radius 3 is 2.40 bits per heavy atom. The van der Waals surface area contributed by atoms with E-state index in [0.29, 0.717) is 5.96 Å². The zero-order chi connectivity index (χ0) is 17.0. The van der Waals surface area contributed by atoms with Crippen LogP contribution in [0.15, 0.2) is 70.6 Å². The van der Waals surface area contributed by atoms with Gasteiger partial charge in [-0.2, -0.15) is 0 Å². The minimum Gasteiger partial charge on any atom is -0.277 e. The molecule has 0 aliphatic carbocycles. The van der Waals surface area contributed by atoms with E-state index in [1.807, 2.05) is 11.3 Å². The molecule has 0 atom stereocenters. The van der Waals surface area contributed by atoms with Gasteiger partial charge in [0.15, 0.2) is 0 Å². The third kappa shape index (κ3) is 1.86. The van der Waals surface area contributed by atoms with E-state index in [-0.39, 0.29) is 0 Å². The van der Waals surface area contributed by atoms with E-state index in [2.05, 4.69) is 81.9 Å². The average molecular weight is 341 g/mol. The molecule has 25 heavy (non-hydrogen) atoms. The number of hydrogen-bond acceptors (Lipinski definition) is 2. The zero-order valence-electron chi connectivity index (χ0n) is 13.7. The van der Waals surface area contributed by atoms with Crippen LogP contribution in [0.25, 0.3) is 42.0 Å². The van der Waals surface area contributed by atoms with E-state index >= 15 is 0 Å². The van der Waals surface area contributed by atoms with Crippen molar-refractivity contribution in [2.75, 3.05) is 7.05 Å². The molecule has 120 valence electrons. The van der Waals surface area contributed by atoms with Crippen molar-refractivity contribution in [1.29, 1.82) is 0 Å². The fourth-order valence-electron chi connectivity index (χ4n) is 3.68. The van der Waals surface area contributed by atoms with E-state index < -0.39 is 0 Å². The van der Waals surface area contributed by atoms with Gasteiger partial charge in [0.25, 0.3) is 0 Å². The highest BCUT2D eigenvalue weighted by molar-refractivity contribution is 7.26. The van der Waals surface area contributed by atoms with Crippen molar-refractivity contribution >= 4 is 66.0 Å². The second-order valence-electron chi connectivity index (χ2n) is 5.97. The van der Waals surface area contributed by atoms with Gasteiger partial charge in [0.1, 0.15) is 0 Å². The second-order valence-corrected chi connectivity index (χ2v) is 7.02. The maximum absolute atomic E-state index is 4.37. The first-order chi connectivity index (χ1) is 12.3. The summed E-state index contributed by atoms with van der Waals surface area (Å²) in [5.74, 6) is 0.621. The van der Waals surface area contributed by atoms with Crippen LogP contribution in [0.1, 0.15) is 0 Å². The van der Waals surface area contributed by atoms with E-state index in [1.54, 1.807) is 7.05 Å². The lowest BCUT2D eigenvalue weighted by Crippen LogP contribution is -2.08. The first-order valence-corrected chi connectivity index (χ1v) is 8.92. The SMILES string of the molecule is C=NC(=NC)n1c2ccccc2c2ccc3c4ccccc4sc3c21. The van der Waals surface area contributed by atoms with Crippen LogP contribution >= 0.6 is 11.3 Å². The summed E-state index contributed by atoms with van der Waals surface area (Å²) >= 11 is 1.82. The molecule has 0 radical (unpaired) electrons. The maximum atomic E-state index is 4.37. The van der Waals surface area contributed by atoms with Gasteiger partial charge >= 0.3 is 0 Å². The minimum atomic E-state index is 0.621. The highest BCUT2D eigenvalue weighted by Crippen LogP contribution is 2.41. The first-order valence-electron chi connectivity index (χ1n) is 8.11. The summed E-state index contributed by atoms with van der Waals surface area (Å²) in [4.78, 5) is 8.54. The van der Waals surface area contributed by atoms with Crippen molar-refractivity contribution in [2.24, 2.45) is 9.98 Å². The smallest absolute Gasteiger partial charge is 0.229 e.